The van der Waals surface area contributed by atoms with Gasteiger partial charge in [0.15, 0.2) is 6.10 Å². The molecular weight excluding hydrogens is 372 g/mol. The normalized spacial score (nSPS) is 17.3. The number of hydrogen-bond donors (Lipinski definition) is 0. The van der Waals surface area contributed by atoms with E-state index in [2.05, 4.69) is 0 Å². The van der Waals surface area contributed by atoms with Crippen molar-refractivity contribution in [1.29, 1.82) is 0 Å². The minimum Gasteiger partial charge on any atom is -0.481 e. The Hall–Kier alpha value is -2.93. The molecule has 2 aromatic carbocycles. The third-order valence-electron chi connectivity index (χ3n) is 4.30. The fourth-order valence-corrected chi connectivity index (χ4v) is 3.00. The number of rotatable bonds is 4. The van der Waals surface area contributed by atoms with E-state index in [4.69, 9.17) is 16.3 Å². The number of ether oxygens (including phenoxy) is 1. The van der Waals surface area contributed by atoms with E-state index in [1.165, 1.54) is 29.2 Å². The number of nitro groups is 1. The van der Waals surface area contributed by atoms with Crippen LogP contribution in [0.2, 0.25) is 5.02 Å². The van der Waals surface area contributed by atoms with Crippen LogP contribution in [0.1, 0.15) is 29.6 Å². The van der Waals surface area contributed by atoms with Gasteiger partial charge in [-0.1, -0.05) is 11.6 Å². The summed E-state index contributed by atoms with van der Waals surface area (Å²) in [5.74, 6) is -0.457. The third-order valence-corrected chi connectivity index (χ3v) is 4.55. The van der Waals surface area contributed by atoms with Crippen LogP contribution >= 0.6 is 11.6 Å². The molecule has 0 N–H and O–H groups in total. The number of non-ortho nitro benzene ring substituents is 1. The zero-order valence-corrected chi connectivity index (χ0v) is 15.1. The molecule has 0 aliphatic carbocycles. The molecule has 1 saturated heterocycles. The molecule has 8 heteroatoms. The molecule has 0 spiro atoms. The van der Waals surface area contributed by atoms with Gasteiger partial charge in [-0.25, -0.2) is 0 Å². The fraction of sp³-hybridized carbons (Fsp3) is 0.263. The summed E-state index contributed by atoms with van der Waals surface area (Å²) in [6, 6.07) is 11.9. The average molecular weight is 389 g/mol. The fourth-order valence-electron chi connectivity index (χ4n) is 2.88. The van der Waals surface area contributed by atoms with E-state index in [-0.39, 0.29) is 5.69 Å². The Morgan fingerprint density at radius 3 is 2.41 bits per heavy atom. The van der Waals surface area contributed by atoms with Crippen LogP contribution in [0.4, 0.5) is 5.69 Å². The van der Waals surface area contributed by atoms with E-state index < -0.39 is 22.8 Å². The van der Waals surface area contributed by atoms with Crippen LogP contribution in [-0.2, 0) is 4.79 Å². The molecule has 7 nitrogen and oxygen atoms in total. The first-order valence-corrected chi connectivity index (χ1v) is 8.86. The lowest BCUT2D eigenvalue weighted by Crippen LogP contribution is -2.44. The quantitative estimate of drug-likeness (QED) is 0.451. The number of imide groups is 1. The zero-order chi connectivity index (χ0) is 19.4. The van der Waals surface area contributed by atoms with Crippen molar-refractivity contribution in [3.05, 3.63) is 69.2 Å². The van der Waals surface area contributed by atoms with Crippen molar-refractivity contribution in [3.63, 3.8) is 0 Å². The first kappa shape index (κ1) is 18.8. The second-order valence-electron chi connectivity index (χ2n) is 6.16. The second kappa shape index (κ2) is 8.18. The number of hydrogen-bond acceptors (Lipinski definition) is 5. The van der Waals surface area contributed by atoms with Gasteiger partial charge in [0.2, 0.25) is 0 Å². The largest absolute Gasteiger partial charge is 0.481 e. The SMILES string of the molecule is O=C(c1ccc(Cl)cc1)N1CCCC[C@H](Oc2ccc([N+](=O)[O-])cc2)C1=O. The molecule has 1 atom stereocenters. The Kier molecular flexibility index (Phi) is 5.71. The number of halogens is 1. The van der Waals surface area contributed by atoms with Crippen LogP contribution in [-0.4, -0.2) is 34.3 Å². The van der Waals surface area contributed by atoms with Gasteiger partial charge in [-0.2, -0.15) is 0 Å². The Bertz CT molecular complexity index is 851. The topological polar surface area (TPSA) is 89.8 Å². The molecule has 140 valence electrons. The van der Waals surface area contributed by atoms with E-state index in [0.717, 1.165) is 6.42 Å². The predicted molar refractivity (Wildman–Crippen MR) is 98.9 cm³/mol. The van der Waals surface area contributed by atoms with E-state index in [1.54, 1.807) is 24.3 Å². The molecule has 1 aliphatic rings. The van der Waals surface area contributed by atoms with Crippen LogP contribution in [0, 0.1) is 10.1 Å². The molecule has 2 aromatic rings. The summed E-state index contributed by atoms with van der Waals surface area (Å²) in [7, 11) is 0. The first-order chi connectivity index (χ1) is 13.0. The maximum atomic E-state index is 12.9. The van der Waals surface area contributed by atoms with Gasteiger partial charge in [-0.3, -0.25) is 24.6 Å². The maximum Gasteiger partial charge on any atom is 0.270 e. The van der Waals surface area contributed by atoms with Gasteiger partial charge in [-0.05, 0) is 55.7 Å². The van der Waals surface area contributed by atoms with Gasteiger partial charge >= 0.3 is 0 Å². The van der Waals surface area contributed by atoms with Gasteiger partial charge in [0.1, 0.15) is 5.75 Å². The Labute approximate surface area is 160 Å². The molecule has 0 saturated carbocycles. The summed E-state index contributed by atoms with van der Waals surface area (Å²) in [6.07, 6.45) is 1.07. The van der Waals surface area contributed by atoms with Gasteiger partial charge in [0.05, 0.1) is 4.92 Å². The molecule has 2 amide bonds. The minimum absolute atomic E-state index is 0.0610. The summed E-state index contributed by atoms with van der Waals surface area (Å²) in [5.41, 5.74) is 0.317. The number of benzene rings is 2. The van der Waals surface area contributed by atoms with E-state index in [1.807, 2.05) is 0 Å². The zero-order valence-electron chi connectivity index (χ0n) is 14.3. The summed E-state index contributed by atoms with van der Waals surface area (Å²) in [5, 5.41) is 11.2. The molecule has 0 radical (unpaired) electrons. The molecule has 0 unspecified atom stereocenters. The number of carbonyl (C=O) groups is 2. The van der Waals surface area contributed by atoms with Crippen LogP contribution < -0.4 is 4.74 Å². The van der Waals surface area contributed by atoms with E-state index >= 15 is 0 Å². The minimum atomic E-state index is -0.815. The van der Waals surface area contributed by atoms with Gasteiger partial charge < -0.3 is 4.74 Å². The average Bonchev–Trinajstić information content (AvgIpc) is 2.84. The number of nitrogens with zero attached hydrogens (tertiary/aromatic N) is 2. The van der Waals surface area contributed by atoms with Gasteiger partial charge in [0, 0.05) is 29.3 Å². The number of likely N-dealkylation sites (tertiary alicyclic amines) is 1. The molecule has 0 aromatic heterocycles. The molecule has 1 fully saturated rings. The summed E-state index contributed by atoms with van der Waals surface area (Å²) >= 11 is 5.85. The lowest BCUT2D eigenvalue weighted by Gasteiger charge is -2.23. The molecule has 1 aliphatic heterocycles. The number of amides is 2. The lowest BCUT2D eigenvalue weighted by atomic mass is 10.1. The predicted octanol–water partition coefficient (Wildman–Crippen LogP) is 3.85. The number of nitro benzene ring substituents is 1. The van der Waals surface area contributed by atoms with Gasteiger partial charge in [-0.15, -0.1) is 0 Å². The third kappa shape index (κ3) is 4.43. The highest BCUT2D eigenvalue weighted by Gasteiger charge is 2.33. The van der Waals surface area contributed by atoms with Crippen molar-refractivity contribution < 1.29 is 19.2 Å². The van der Waals surface area contributed by atoms with Crippen molar-refractivity contribution in [3.8, 4) is 5.75 Å². The van der Waals surface area contributed by atoms with Crippen molar-refractivity contribution in [1.82, 2.24) is 4.90 Å². The molecule has 0 bridgehead atoms. The second-order valence-corrected chi connectivity index (χ2v) is 6.59. The summed E-state index contributed by atoms with van der Waals surface area (Å²) < 4.78 is 5.73. The van der Waals surface area contributed by atoms with Gasteiger partial charge in [0.25, 0.3) is 17.5 Å². The van der Waals surface area contributed by atoms with Crippen molar-refractivity contribution in [2.24, 2.45) is 0 Å². The standard InChI is InChI=1S/C19H17ClN2O5/c20-14-6-4-13(5-7-14)18(23)21-12-2-1-3-17(19(21)24)27-16-10-8-15(9-11-16)22(25)26/h4-11,17H,1-3,12H2/t17-/m0/s1. The highest BCUT2D eigenvalue weighted by Crippen LogP contribution is 2.23. The molecule has 3 rings (SSSR count). The van der Waals surface area contributed by atoms with E-state index in [0.29, 0.717) is 35.7 Å². The maximum absolute atomic E-state index is 12.9. The van der Waals surface area contributed by atoms with Crippen molar-refractivity contribution in [2.75, 3.05) is 6.54 Å². The highest BCUT2D eigenvalue weighted by atomic mass is 35.5. The van der Waals surface area contributed by atoms with E-state index in [9.17, 15) is 19.7 Å². The smallest absolute Gasteiger partial charge is 0.270 e. The molecule has 1 heterocycles. The van der Waals surface area contributed by atoms with Crippen molar-refractivity contribution >= 4 is 29.1 Å². The first-order valence-electron chi connectivity index (χ1n) is 8.48. The van der Waals surface area contributed by atoms with Crippen LogP contribution in [0.15, 0.2) is 48.5 Å². The highest BCUT2D eigenvalue weighted by molar-refractivity contribution is 6.30. The Morgan fingerprint density at radius 2 is 1.78 bits per heavy atom. The number of carbonyl (C=O) groups excluding carboxylic acids is 2. The summed E-state index contributed by atoms with van der Waals surface area (Å²) in [6.45, 7) is 0.320. The Balaban J connectivity index is 1.76. The molecular formula is C19H17ClN2O5. The Morgan fingerprint density at radius 1 is 1.11 bits per heavy atom. The summed E-state index contributed by atoms with van der Waals surface area (Å²) in [4.78, 5) is 37.0. The molecule has 27 heavy (non-hydrogen) atoms. The van der Waals surface area contributed by atoms with Crippen LogP contribution in [0.25, 0.3) is 0 Å². The van der Waals surface area contributed by atoms with Crippen molar-refractivity contribution in [2.45, 2.75) is 25.4 Å². The van der Waals surface area contributed by atoms with Crippen LogP contribution in [0.5, 0.6) is 5.75 Å². The monoisotopic (exact) mass is 388 g/mol. The lowest BCUT2D eigenvalue weighted by molar-refractivity contribution is -0.384. The van der Waals surface area contributed by atoms with Crippen LogP contribution in [0.3, 0.4) is 0 Å².